The van der Waals surface area contributed by atoms with Gasteiger partial charge in [-0.2, -0.15) is 0 Å². The number of Topliss-reactive ketones (excluding diaryl/α,β-unsaturated/α-hetero) is 1. The van der Waals surface area contributed by atoms with Crippen molar-refractivity contribution < 1.29 is 71.5 Å². The minimum Gasteiger partial charge on any atom is -0.461 e. The van der Waals surface area contributed by atoms with Gasteiger partial charge in [-0.05, 0) is 31.2 Å². The molecule has 2 aliphatic carbocycles. The largest absolute Gasteiger partial charge is 0.461 e. The molecule has 0 N–H and O–H groups in total. The molecule has 4 rings (SSSR count). The lowest BCUT2D eigenvalue weighted by Gasteiger charge is -2.41. The number of fused-ring (bicyclic) bond motifs is 1. The van der Waals surface area contributed by atoms with Crippen molar-refractivity contribution in [1.82, 2.24) is 9.97 Å². The van der Waals surface area contributed by atoms with Crippen molar-refractivity contribution >= 4 is 47.6 Å². The zero-order valence-corrected chi connectivity index (χ0v) is 35.8. The quantitative estimate of drug-likeness (QED) is 0.170. The average Bonchev–Trinajstić information content (AvgIpc) is 3.39. The highest BCUT2D eigenvalue weighted by Crippen LogP contribution is 2.52. The molecule has 0 radical (unpaired) electrons. The second-order valence-corrected chi connectivity index (χ2v) is 16.2. The molecule has 0 bridgehead atoms. The van der Waals surface area contributed by atoms with E-state index in [1.165, 1.54) is 95.0 Å². The monoisotopic (exact) mass is 848 g/mol. The third-order valence-corrected chi connectivity index (χ3v) is 10.2. The van der Waals surface area contributed by atoms with E-state index in [-0.39, 0.29) is 16.7 Å². The van der Waals surface area contributed by atoms with Crippen LogP contribution in [0.3, 0.4) is 0 Å². The summed E-state index contributed by atoms with van der Waals surface area (Å²) in [7, 11) is 0. The van der Waals surface area contributed by atoms with Crippen molar-refractivity contribution in [2.45, 2.75) is 111 Å². The van der Waals surface area contributed by atoms with Gasteiger partial charge in [-0.15, -0.1) is 0 Å². The summed E-state index contributed by atoms with van der Waals surface area (Å²) in [5, 5.41) is 0. The first-order valence-electron chi connectivity index (χ1n) is 19.6. The number of ketones is 1. The molecule has 0 amide bonds. The van der Waals surface area contributed by atoms with E-state index in [0.717, 1.165) is 27.7 Å². The van der Waals surface area contributed by atoms with Gasteiger partial charge in [-0.3, -0.25) is 38.7 Å². The van der Waals surface area contributed by atoms with E-state index in [1.54, 1.807) is 13.8 Å². The zero-order valence-electron chi connectivity index (χ0n) is 35.8. The van der Waals surface area contributed by atoms with Gasteiger partial charge in [0.1, 0.15) is 6.61 Å². The molecule has 17 nitrogen and oxygen atoms in total. The Bertz CT molecular complexity index is 2060. The molecular weight excluding hydrogens is 796 g/mol. The molecule has 2 aliphatic rings. The maximum absolute atomic E-state index is 15.1. The Balaban J connectivity index is 2.21. The highest BCUT2D eigenvalue weighted by molar-refractivity contribution is 5.94. The van der Waals surface area contributed by atoms with Crippen LogP contribution in [0.5, 0.6) is 0 Å². The number of ether oxygens (including phenoxy) is 7. The van der Waals surface area contributed by atoms with Gasteiger partial charge in [-0.1, -0.05) is 52.8 Å². The van der Waals surface area contributed by atoms with Gasteiger partial charge in [0.25, 0.3) is 0 Å². The molecule has 2 aromatic heterocycles. The van der Waals surface area contributed by atoms with Crippen molar-refractivity contribution in [2.24, 2.45) is 23.2 Å². The standard InChI is InChI=1S/C44H52N2O15/c1-24(2)39(52)57-34-32(22-55-26(4)47)19-33-37(56-27(5)48)43(10,60-28(6)49)23-44(33,61-29(7)50)36(51)25(3)15-16-42(8,9)38(59-41(54)31-14-12-18-46-21-31)35(34)58-40(53)30-13-11-17-45-20-30/h11-21,24-25,33-35,37-38H,22-23H2,1-10H3/b16-15+,32-19-/t25-,33+,34+,35-,37-,38-,43-,44-/m1/s1. The SMILES string of the molecule is CC(=O)OC/C1=C/[C@H]2[C@@H](OC(C)=O)[C@](C)(OC(C)=O)C[C@]2(OC(C)=O)C(=O)[C@H](C)/C=C/C(C)(C)[C@H](OC(=O)c2cccnc2)[C@H](OC(=O)c2cccnc2)[C@H]1OC(=O)C(C)C. The van der Waals surface area contributed by atoms with Crippen LogP contribution in [0.25, 0.3) is 0 Å². The van der Waals surface area contributed by atoms with E-state index in [2.05, 4.69) is 9.97 Å². The molecule has 61 heavy (non-hydrogen) atoms. The summed E-state index contributed by atoms with van der Waals surface area (Å²) in [5.41, 5.74) is -5.77. The third-order valence-electron chi connectivity index (χ3n) is 10.2. The summed E-state index contributed by atoms with van der Waals surface area (Å²) >= 11 is 0. The highest BCUT2D eigenvalue weighted by Gasteiger charge is 2.68. The Morgan fingerprint density at radius 1 is 0.754 bits per heavy atom. The number of aromatic nitrogens is 2. The fourth-order valence-corrected chi connectivity index (χ4v) is 7.53. The van der Waals surface area contributed by atoms with Crippen LogP contribution in [0, 0.1) is 23.2 Å². The van der Waals surface area contributed by atoms with E-state index < -0.39 is 119 Å². The second-order valence-electron chi connectivity index (χ2n) is 16.2. The molecule has 0 aromatic carbocycles. The van der Waals surface area contributed by atoms with Gasteiger partial charge < -0.3 is 33.2 Å². The second kappa shape index (κ2) is 19.4. The summed E-state index contributed by atoms with van der Waals surface area (Å²) in [6.45, 7) is 12.8. The summed E-state index contributed by atoms with van der Waals surface area (Å²) in [5.74, 6) is -10.5. The first-order chi connectivity index (χ1) is 28.5. The van der Waals surface area contributed by atoms with Crippen LogP contribution in [0.2, 0.25) is 0 Å². The molecular formula is C44H52N2O15. The predicted octanol–water partition coefficient (Wildman–Crippen LogP) is 4.66. The number of carbonyl (C=O) groups is 8. The first kappa shape index (κ1) is 47.4. The van der Waals surface area contributed by atoms with Crippen LogP contribution in [-0.4, -0.2) is 99.8 Å². The van der Waals surface area contributed by atoms with Crippen LogP contribution < -0.4 is 0 Å². The molecule has 8 atom stereocenters. The van der Waals surface area contributed by atoms with Crippen molar-refractivity contribution in [3.63, 3.8) is 0 Å². The molecule has 1 fully saturated rings. The Kier molecular flexibility index (Phi) is 15.1. The van der Waals surface area contributed by atoms with E-state index in [0.29, 0.717) is 0 Å². The zero-order chi connectivity index (χ0) is 45.4. The van der Waals surface area contributed by atoms with Gasteiger partial charge in [0, 0.05) is 75.8 Å². The first-order valence-corrected chi connectivity index (χ1v) is 19.6. The molecule has 2 aromatic rings. The van der Waals surface area contributed by atoms with Crippen LogP contribution in [0.15, 0.2) is 72.9 Å². The number of hydrogen-bond acceptors (Lipinski definition) is 17. The van der Waals surface area contributed by atoms with E-state index in [9.17, 15) is 33.6 Å². The number of allylic oxidation sites excluding steroid dienone is 1. The summed E-state index contributed by atoms with van der Waals surface area (Å²) in [4.78, 5) is 116. The van der Waals surface area contributed by atoms with Crippen molar-refractivity contribution in [3.05, 3.63) is 84.0 Å². The number of pyridine rings is 2. The van der Waals surface area contributed by atoms with Crippen molar-refractivity contribution in [1.29, 1.82) is 0 Å². The summed E-state index contributed by atoms with van der Waals surface area (Å²) in [6.07, 6.45) is 2.27. The minimum absolute atomic E-state index is 0.00628. The maximum Gasteiger partial charge on any atom is 0.340 e. The normalized spacial score (nSPS) is 28.5. The number of hydrogen-bond donors (Lipinski definition) is 0. The minimum atomic E-state index is -2.27. The lowest BCUT2D eigenvalue weighted by molar-refractivity contribution is -0.178. The summed E-state index contributed by atoms with van der Waals surface area (Å²) < 4.78 is 41.9. The van der Waals surface area contributed by atoms with Gasteiger partial charge >= 0.3 is 41.8 Å². The number of rotatable bonds is 11. The molecule has 0 spiro atoms. The topological polar surface area (TPSA) is 227 Å². The molecule has 0 aliphatic heterocycles. The molecule has 2 heterocycles. The Labute approximate surface area is 353 Å². The molecule has 0 saturated heterocycles. The van der Waals surface area contributed by atoms with Gasteiger partial charge in [0.15, 0.2) is 41.4 Å². The molecule has 1 saturated carbocycles. The Hall–Kier alpha value is -6.26. The molecule has 328 valence electrons. The number of esters is 7. The van der Waals surface area contributed by atoms with E-state index in [4.69, 9.17) is 33.2 Å². The Morgan fingerprint density at radius 3 is 1.82 bits per heavy atom. The summed E-state index contributed by atoms with van der Waals surface area (Å²) in [6, 6.07) is 5.84. The average molecular weight is 849 g/mol. The van der Waals surface area contributed by atoms with Gasteiger partial charge in [0.05, 0.1) is 23.0 Å². The van der Waals surface area contributed by atoms with E-state index >= 15 is 4.79 Å². The lowest BCUT2D eigenvalue weighted by Crippen LogP contribution is -2.54. The van der Waals surface area contributed by atoms with E-state index in [1.807, 2.05) is 0 Å². The van der Waals surface area contributed by atoms with Crippen LogP contribution in [-0.2, 0) is 61.9 Å². The number of carbonyl (C=O) groups excluding carboxylic acids is 8. The lowest BCUT2D eigenvalue weighted by atomic mass is 9.75. The van der Waals surface area contributed by atoms with Gasteiger partial charge in [0.2, 0.25) is 0 Å². The van der Waals surface area contributed by atoms with Crippen LogP contribution in [0.1, 0.15) is 96.4 Å². The predicted molar refractivity (Wildman–Crippen MR) is 212 cm³/mol. The van der Waals surface area contributed by atoms with Gasteiger partial charge in [-0.25, -0.2) is 9.59 Å². The number of nitrogens with zero attached hydrogens (tertiary/aromatic N) is 2. The van der Waals surface area contributed by atoms with Crippen LogP contribution >= 0.6 is 0 Å². The van der Waals surface area contributed by atoms with Crippen molar-refractivity contribution in [2.75, 3.05) is 6.61 Å². The highest BCUT2D eigenvalue weighted by atomic mass is 16.6. The fraction of sp³-hybridized carbons (Fsp3) is 0.500. The Morgan fingerprint density at radius 2 is 1.33 bits per heavy atom. The molecule has 0 unspecified atom stereocenters. The van der Waals surface area contributed by atoms with Crippen LogP contribution in [0.4, 0.5) is 0 Å². The smallest absolute Gasteiger partial charge is 0.340 e. The molecule has 17 heteroatoms. The van der Waals surface area contributed by atoms with Crippen molar-refractivity contribution in [3.8, 4) is 0 Å². The maximum atomic E-state index is 15.1. The third kappa shape index (κ3) is 11.3. The fourth-order valence-electron chi connectivity index (χ4n) is 7.53.